The molecule has 0 fully saturated rings. The molecule has 7 heteroatoms. The van der Waals surface area contributed by atoms with Gasteiger partial charge in [0.2, 0.25) is 0 Å². The summed E-state index contributed by atoms with van der Waals surface area (Å²) in [5.74, 6) is -0.147. The first kappa shape index (κ1) is 13.6. The first-order valence-electron chi connectivity index (χ1n) is 6.21. The van der Waals surface area contributed by atoms with Gasteiger partial charge in [-0.2, -0.15) is 8.42 Å². The van der Waals surface area contributed by atoms with Gasteiger partial charge in [0.05, 0.1) is 0 Å². The second kappa shape index (κ2) is 5.17. The molecule has 0 aliphatic carbocycles. The lowest BCUT2D eigenvalue weighted by Gasteiger charge is -2.08. The van der Waals surface area contributed by atoms with Crippen LogP contribution in [0.3, 0.4) is 0 Å². The van der Waals surface area contributed by atoms with Gasteiger partial charge in [-0.1, -0.05) is 23.4 Å². The van der Waals surface area contributed by atoms with Gasteiger partial charge in [0.15, 0.2) is 5.75 Å². The number of aromatic nitrogens is 2. The Kier molecular flexibility index (Phi) is 3.34. The Morgan fingerprint density at radius 2 is 2.05 bits per heavy atom. The third-order valence-corrected chi connectivity index (χ3v) is 3.94. The summed E-state index contributed by atoms with van der Waals surface area (Å²) in [5.41, 5.74) is 1.59. The van der Waals surface area contributed by atoms with Crippen LogP contribution in [0.2, 0.25) is 0 Å². The Bertz CT molecular complexity index is 873. The van der Waals surface area contributed by atoms with Crippen molar-refractivity contribution in [2.45, 2.75) is 12.7 Å². The molecule has 2 aromatic heterocycles. The highest BCUT2D eigenvalue weighted by Crippen LogP contribution is 2.25. The van der Waals surface area contributed by atoms with Gasteiger partial charge in [-0.15, -0.1) is 0 Å². The molecule has 0 amide bonds. The van der Waals surface area contributed by atoms with Gasteiger partial charge in [0, 0.05) is 17.1 Å². The van der Waals surface area contributed by atoms with Crippen LogP contribution in [-0.2, 0) is 15.9 Å². The zero-order valence-electron chi connectivity index (χ0n) is 11.2. The van der Waals surface area contributed by atoms with E-state index in [1.54, 1.807) is 12.1 Å². The van der Waals surface area contributed by atoms with E-state index in [2.05, 4.69) is 14.7 Å². The van der Waals surface area contributed by atoms with Crippen LogP contribution >= 0.6 is 0 Å². The van der Waals surface area contributed by atoms with E-state index in [0.29, 0.717) is 11.2 Å². The van der Waals surface area contributed by atoms with E-state index in [4.69, 9.17) is 4.18 Å². The Labute approximate surface area is 121 Å². The number of para-hydroxylation sites is 1. The monoisotopic (exact) mass is 304 g/mol. The van der Waals surface area contributed by atoms with Gasteiger partial charge in [-0.05, 0) is 19.1 Å². The topological polar surface area (TPSA) is 82.3 Å². The summed E-state index contributed by atoms with van der Waals surface area (Å²) in [7, 11) is -3.82. The molecule has 2 heterocycles. The fourth-order valence-corrected chi connectivity index (χ4v) is 2.92. The second-order valence-corrected chi connectivity index (χ2v) is 6.13. The largest absolute Gasteiger partial charge is 0.380 e. The SMILES string of the molecule is Cc1ccc2cccc(OS(=O)(=O)Cc3ccon3)c2n1. The molecule has 1 aromatic carbocycles. The van der Waals surface area contributed by atoms with E-state index in [-0.39, 0.29) is 11.5 Å². The van der Waals surface area contributed by atoms with Crippen LogP contribution in [0.5, 0.6) is 5.75 Å². The summed E-state index contributed by atoms with van der Waals surface area (Å²) in [6.07, 6.45) is 1.31. The lowest BCUT2D eigenvalue weighted by molar-refractivity contribution is 0.412. The number of fused-ring (bicyclic) bond motifs is 1. The predicted molar refractivity (Wildman–Crippen MR) is 76.2 cm³/mol. The van der Waals surface area contributed by atoms with Gasteiger partial charge >= 0.3 is 10.1 Å². The Balaban J connectivity index is 1.96. The molecule has 0 saturated heterocycles. The molecule has 0 spiro atoms. The van der Waals surface area contributed by atoms with Crippen LogP contribution in [0.15, 0.2) is 47.2 Å². The normalized spacial score (nSPS) is 11.7. The molecule has 0 N–H and O–H groups in total. The molecule has 0 radical (unpaired) electrons. The van der Waals surface area contributed by atoms with E-state index in [1.807, 2.05) is 25.1 Å². The van der Waals surface area contributed by atoms with Crippen molar-refractivity contribution in [3.05, 3.63) is 54.0 Å². The van der Waals surface area contributed by atoms with Crippen LogP contribution in [0.4, 0.5) is 0 Å². The van der Waals surface area contributed by atoms with Crippen molar-refractivity contribution in [2.24, 2.45) is 0 Å². The third kappa shape index (κ3) is 3.03. The summed E-state index contributed by atoms with van der Waals surface area (Å²) < 4.78 is 33.9. The lowest BCUT2D eigenvalue weighted by Crippen LogP contribution is -2.12. The number of rotatable bonds is 4. The predicted octanol–water partition coefficient (Wildman–Crippen LogP) is 2.44. The Morgan fingerprint density at radius 3 is 2.81 bits per heavy atom. The van der Waals surface area contributed by atoms with Crippen LogP contribution < -0.4 is 4.18 Å². The number of benzene rings is 1. The van der Waals surface area contributed by atoms with Crippen LogP contribution in [0.1, 0.15) is 11.4 Å². The third-order valence-electron chi connectivity index (χ3n) is 2.86. The number of hydrogen-bond donors (Lipinski definition) is 0. The summed E-state index contributed by atoms with van der Waals surface area (Å²) in [6, 6.07) is 10.4. The zero-order chi connectivity index (χ0) is 14.9. The fourth-order valence-electron chi connectivity index (χ4n) is 1.94. The standard InChI is InChI=1S/C14H12N2O4S/c1-10-5-6-11-3-2-4-13(14(11)15-10)20-21(17,18)9-12-7-8-19-16-12/h2-8H,9H2,1H3. The fraction of sp³-hybridized carbons (Fsp3) is 0.143. The highest BCUT2D eigenvalue weighted by Gasteiger charge is 2.18. The van der Waals surface area contributed by atoms with E-state index < -0.39 is 10.1 Å². The number of nitrogens with zero attached hydrogens (tertiary/aromatic N) is 2. The molecular formula is C14H12N2O4S. The minimum Gasteiger partial charge on any atom is -0.380 e. The minimum absolute atomic E-state index is 0.208. The number of aryl methyl sites for hydroxylation is 1. The molecule has 0 aliphatic heterocycles. The molecular weight excluding hydrogens is 292 g/mol. The number of pyridine rings is 1. The van der Waals surface area contributed by atoms with Crippen molar-refractivity contribution in [2.75, 3.05) is 0 Å². The Hall–Kier alpha value is -2.41. The lowest BCUT2D eigenvalue weighted by atomic mass is 10.2. The van der Waals surface area contributed by atoms with Crippen molar-refractivity contribution < 1.29 is 17.1 Å². The average Bonchev–Trinajstić information content (AvgIpc) is 2.91. The quantitative estimate of drug-likeness (QED) is 0.688. The van der Waals surface area contributed by atoms with E-state index in [0.717, 1.165) is 11.1 Å². The van der Waals surface area contributed by atoms with Gasteiger partial charge in [0.1, 0.15) is 23.2 Å². The average molecular weight is 304 g/mol. The molecule has 6 nitrogen and oxygen atoms in total. The molecule has 0 bridgehead atoms. The number of hydrogen-bond acceptors (Lipinski definition) is 6. The molecule has 3 rings (SSSR count). The van der Waals surface area contributed by atoms with Gasteiger partial charge < -0.3 is 8.71 Å². The maximum absolute atomic E-state index is 12.1. The van der Waals surface area contributed by atoms with Crippen molar-refractivity contribution in [1.29, 1.82) is 0 Å². The first-order valence-corrected chi connectivity index (χ1v) is 7.79. The molecule has 0 unspecified atom stereocenters. The summed E-state index contributed by atoms with van der Waals surface area (Å²) in [6.45, 7) is 1.83. The molecule has 108 valence electrons. The maximum Gasteiger partial charge on any atom is 0.315 e. The van der Waals surface area contributed by atoms with E-state index in [9.17, 15) is 8.42 Å². The second-order valence-electron chi connectivity index (χ2n) is 4.56. The van der Waals surface area contributed by atoms with Crippen LogP contribution in [0.25, 0.3) is 10.9 Å². The molecule has 3 aromatic rings. The Morgan fingerprint density at radius 1 is 1.19 bits per heavy atom. The highest BCUT2D eigenvalue weighted by atomic mass is 32.2. The smallest absolute Gasteiger partial charge is 0.315 e. The molecule has 0 atom stereocenters. The van der Waals surface area contributed by atoms with Crippen molar-refractivity contribution in [3.63, 3.8) is 0 Å². The molecule has 0 aliphatic rings. The van der Waals surface area contributed by atoms with Crippen molar-refractivity contribution in [1.82, 2.24) is 10.1 Å². The first-order chi connectivity index (χ1) is 10.0. The highest BCUT2D eigenvalue weighted by molar-refractivity contribution is 7.86. The summed E-state index contributed by atoms with van der Waals surface area (Å²) in [4.78, 5) is 4.33. The van der Waals surface area contributed by atoms with Gasteiger partial charge in [-0.3, -0.25) is 0 Å². The van der Waals surface area contributed by atoms with E-state index in [1.165, 1.54) is 12.3 Å². The molecule has 21 heavy (non-hydrogen) atoms. The summed E-state index contributed by atoms with van der Waals surface area (Å²) >= 11 is 0. The zero-order valence-corrected chi connectivity index (χ0v) is 12.0. The maximum atomic E-state index is 12.1. The van der Waals surface area contributed by atoms with Crippen LogP contribution in [0, 0.1) is 6.92 Å². The summed E-state index contributed by atoms with van der Waals surface area (Å²) in [5, 5.41) is 4.38. The van der Waals surface area contributed by atoms with Gasteiger partial charge in [-0.25, -0.2) is 4.98 Å². The molecule has 0 saturated carbocycles. The van der Waals surface area contributed by atoms with E-state index >= 15 is 0 Å². The van der Waals surface area contributed by atoms with Crippen molar-refractivity contribution in [3.8, 4) is 5.75 Å². The minimum atomic E-state index is -3.82. The van der Waals surface area contributed by atoms with Gasteiger partial charge in [0.25, 0.3) is 0 Å². The van der Waals surface area contributed by atoms with Crippen LogP contribution in [-0.4, -0.2) is 18.6 Å². The van der Waals surface area contributed by atoms with Crippen molar-refractivity contribution >= 4 is 21.0 Å².